The van der Waals surface area contributed by atoms with Gasteiger partial charge in [-0.25, -0.2) is 0 Å². The van der Waals surface area contributed by atoms with E-state index >= 15 is 0 Å². The molecule has 0 saturated heterocycles. The second kappa shape index (κ2) is 7.19. The molecule has 0 unspecified atom stereocenters. The SMILES string of the molecule is [2H][C@]1(c2cc(Cl)ccc2Cl)OC(N)=C(OS(=O)(=O)Cc2ccccc2)C1=O. The van der Waals surface area contributed by atoms with E-state index in [0.717, 1.165) is 0 Å². The van der Waals surface area contributed by atoms with Gasteiger partial charge in [0.2, 0.25) is 17.4 Å². The summed E-state index contributed by atoms with van der Waals surface area (Å²) < 4.78 is 42.9. The van der Waals surface area contributed by atoms with Crippen LogP contribution in [0.25, 0.3) is 0 Å². The number of ether oxygens (including phenoxy) is 1. The van der Waals surface area contributed by atoms with Gasteiger partial charge in [-0.2, -0.15) is 8.42 Å². The maximum Gasteiger partial charge on any atom is 0.313 e. The maximum absolute atomic E-state index is 12.7. The van der Waals surface area contributed by atoms with E-state index < -0.39 is 39.4 Å². The summed E-state index contributed by atoms with van der Waals surface area (Å²) in [5, 5.41) is 0.242. The molecular formula is C17H13Cl2NO5S. The van der Waals surface area contributed by atoms with Crippen molar-refractivity contribution in [3.8, 4) is 0 Å². The van der Waals surface area contributed by atoms with E-state index in [9.17, 15) is 13.2 Å². The Morgan fingerprint density at radius 2 is 1.88 bits per heavy atom. The van der Waals surface area contributed by atoms with Crippen LogP contribution in [0.15, 0.2) is 60.2 Å². The van der Waals surface area contributed by atoms with Crippen molar-refractivity contribution < 1.29 is 23.5 Å². The number of Topliss-reactive ketones (excluding diaryl/α,β-unsaturated/α-hetero) is 1. The molecule has 0 amide bonds. The van der Waals surface area contributed by atoms with Gasteiger partial charge < -0.3 is 14.7 Å². The lowest BCUT2D eigenvalue weighted by molar-refractivity contribution is -0.123. The summed E-state index contributed by atoms with van der Waals surface area (Å²) in [6.45, 7) is 0. The third-order valence-electron chi connectivity index (χ3n) is 3.42. The Morgan fingerprint density at radius 3 is 2.58 bits per heavy atom. The third-order valence-corrected chi connectivity index (χ3v) is 5.09. The quantitative estimate of drug-likeness (QED) is 0.753. The molecule has 9 heteroatoms. The van der Waals surface area contributed by atoms with Crippen molar-refractivity contribution >= 4 is 39.1 Å². The maximum atomic E-state index is 12.7. The molecule has 2 aromatic carbocycles. The number of carbonyl (C=O) groups is 1. The fourth-order valence-corrected chi connectivity index (χ4v) is 3.73. The van der Waals surface area contributed by atoms with Crippen LogP contribution < -0.4 is 5.73 Å². The Bertz CT molecular complexity index is 1040. The summed E-state index contributed by atoms with van der Waals surface area (Å²) in [6, 6.07) is 12.4. The van der Waals surface area contributed by atoms with E-state index in [4.69, 9.17) is 39.2 Å². The monoisotopic (exact) mass is 414 g/mol. The number of benzene rings is 2. The molecule has 1 atom stereocenters. The van der Waals surface area contributed by atoms with E-state index in [0.29, 0.717) is 5.56 Å². The molecule has 0 aliphatic carbocycles. The van der Waals surface area contributed by atoms with Crippen LogP contribution in [-0.2, 0) is 29.6 Å². The van der Waals surface area contributed by atoms with Gasteiger partial charge in [-0.1, -0.05) is 53.5 Å². The Kier molecular flexibility index (Phi) is 4.76. The number of rotatable bonds is 5. The topological polar surface area (TPSA) is 95.7 Å². The molecule has 1 aliphatic rings. The van der Waals surface area contributed by atoms with Crippen molar-refractivity contribution in [2.24, 2.45) is 5.73 Å². The van der Waals surface area contributed by atoms with Crippen LogP contribution in [0.4, 0.5) is 0 Å². The predicted molar refractivity (Wildman–Crippen MR) is 96.7 cm³/mol. The van der Waals surface area contributed by atoms with Gasteiger partial charge in [0, 0.05) is 15.6 Å². The lowest BCUT2D eigenvalue weighted by atomic mass is 10.1. The van der Waals surface area contributed by atoms with Crippen LogP contribution in [0.3, 0.4) is 0 Å². The highest BCUT2D eigenvalue weighted by atomic mass is 35.5. The predicted octanol–water partition coefficient (Wildman–Crippen LogP) is 3.31. The summed E-state index contributed by atoms with van der Waals surface area (Å²) in [5.74, 6) is -2.97. The molecule has 0 radical (unpaired) electrons. The first-order chi connectivity index (χ1) is 12.6. The first kappa shape index (κ1) is 17.2. The van der Waals surface area contributed by atoms with Crippen molar-refractivity contribution in [3.05, 3.63) is 81.3 Å². The van der Waals surface area contributed by atoms with Crippen LogP contribution in [0.1, 0.15) is 18.6 Å². The standard InChI is InChI=1S/C17H13Cl2NO5S/c18-11-6-7-13(19)12(8-11)15-14(21)16(17(20)24-15)25-26(22,23)9-10-4-2-1-3-5-10/h1-8,15H,9,20H2/t15-/m1/s1/i15D. The number of nitrogens with two attached hydrogens (primary N) is 1. The van der Waals surface area contributed by atoms with Crippen LogP contribution in [0.5, 0.6) is 0 Å². The highest BCUT2D eigenvalue weighted by Gasteiger charge is 2.40. The summed E-state index contributed by atoms with van der Waals surface area (Å²) in [5.41, 5.74) is 6.00. The Hall–Kier alpha value is -2.22. The van der Waals surface area contributed by atoms with Crippen LogP contribution >= 0.6 is 23.2 Å². The van der Waals surface area contributed by atoms with Crippen molar-refractivity contribution in [2.75, 3.05) is 0 Å². The molecule has 0 aromatic heterocycles. The summed E-state index contributed by atoms with van der Waals surface area (Å²) in [4.78, 5) is 12.7. The summed E-state index contributed by atoms with van der Waals surface area (Å²) in [6.07, 6.45) is -2.40. The first-order valence-corrected chi connectivity index (χ1v) is 9.61. The van der Waals surface area contributed by atoms with E-state index in [2.05, 4.69) is 0 Å². The minimum Gasteiger partial charge on any atom is -0.460 e. The smallest absolute Gasteiger partial charge is 0.313 e. The highest BCUT2D eigenvalue weighted by Crippen LogP contribution is 2.37. The molecule has 6 nitrogen and oxygen atoms in total. The summed E-state index contributed by atoms with van der Waals surface area (Å²) >= 11 is 11.9. The van der Waals surface area contributed by atoms with E-state index in [1.807, 2.05) is 0 Å². The van der Waals surface area contributed by atoms with Crippen molar-refractivity contribution in [3.63, 3.8) is 0 Å². The molecule has 0 spiro atoms. The molecule has 0 fully saturated rings. The molecule has 0 bridgehead atoms. The van der Waals surface area contributed by atoms with Gasteiger partial charge in [-0.3, -0.25) is 4.79 Å². The van der Waals surface area contributed by atoms with E-state index in [1.54, 1.807) is 30.3 Å². The Morgan fingerprint density at radius 1 is 1.19 bits per heavy atom. The van der Waals surface area contributed by atoms with Crippen LogP contribution in [0, 0.1) is 0 Å². The summed E-state index contributed by atoms with van der Waals surface area (Å²) in [7, 11) is -4.22. The van der Waals surface area contributed by atoms with Crippen LogP contribution in [0.2, 0.25) is 10.0 Å². The van der Waals surface area contributed by atoms with Gasteiger partial charge in [0.15, 0.2) is 6.08 Å². The van der Waals surface area contributed by atoms with Gasteiger partial charge >= 0.3 is 10.1 Å². The minimum absolute atomic E-state index is 0.0314. The van der Waals surface area contributed by atoms with Crippen molar-refractivity contribution in [2.45, 2.75) is 11.8 Å². The number of hydrogen-bond acceptors (Lipinski definition) is 6. The largest absolute Gasteiger partial charge is 0.460 e. The van der Waals surface area contributed by atoms with E-state index in [-0.39, 0.29) is 15.6 Å². The lowest BCUT2D eigenvalue weighted by Gasteiger charge is -2.12. The normalized spacial score (nSPS) is 20.7. The molecular weight excluding hydrogens is 401 g/mol. The molecule has 3 rings (SSSR count). The molecule has 2 N–H and O–H groups in total. The number of halogens is 2. The second-order valence-corrected chi connectivity index (χ2v) is 7.76. The highest BCUT2D eigenvalue weighted by molar-refractivity contribution is 7.86. The average molecular weight is 415 g/mol. The van der Waals surface area contributed by atoms with Crippen LogP contribution in [-0.4, -0.2) is 14.2 Å². The Labute approximate surface area is 161 Å². The van der Waals surface area contributed by atoms with Gasteiger partial charge in [0.05, 0.1) is 1.37 Å². The Balaban J connectivity index is 1.88. The van der Waals surface area contributed by atoms with Crippen molar-refractivity contribution in [1.29, 1.82) is 0 Å². The first-order valence-electron chi connectivity index (χ1n) is 7.77. The van der Waals surface area contributed by atoms with Gasteiger partial charge in [0.1, 0.15) is 5.75 Å². The van der Waals surface area contributed by atoms with Gasteiger partial charge in [-0.05, 0) is 23.8 Å². The van der Waals surface area contributed by atoms with Gasteiger partial charge in [-0.15, -0.1) is 0 Å². The zero-order valence-corrected chi connectivity index (χ0v) is 15.4. The number of carbonyl (C=O) groups excluding carboxylic acids is 1. The third kappa shape index (κ3) is 3.95. The van der Waals surface area contributed by atoms with Gasteiger partial charge in [0.25, 0.3) is 0 Å². The minimum atomic E-state index is -4.22. The lowest BCUT2D eigenvalue weighted by Crippen LogP contribution is -2.16. The molecule has 1 heterocycles. The molecule has 26 heavy (non-hydrogen) atoms. The molecule has 1 aliphatic heterocycles. The van der Waals surface area contributed by atoms with Crippen molar-refractivity contribution in [1.82, 2.24) is 0 Å². The molecule has 0 saturated carbocycles. The fraction of sp³-hybridized carbons (Fsp3) is 0.118. The molecule has 136 valence electrons. The second-order valence-electron chi connectivity index (χ2n) is 5.35. The van der Waals surface area contributed by atoms with E-state index in [1.165, 1.54) is 18.2 Å². The molecule has 2 aromatic rings. The number of hydrogen-bond donors (Lipinski definition) is 1. The zero-order valence-electron chi connectivity index (χ0n) is 14.1. The average Bonchev–Trinajstić information content (AvgIpc) is 2.81. The zero-order chi connectivity index (χ0) is 19.8. The fourth-order valence-electron chi connectivity index (χ4n) is 2.28. The number of ketones is 1.